The van der Waals surface area contributed by atoms with E-state index in [9.17, 15) is 14.2 Å². The molecule has 0 aliphatic carbocycles. The summed E-state index contributed by atoms with van der Waals surface area (Å²) >= 11 is 0. The van der Waals surface area contributed by atoms with Gasteiger partial charge < -0.3 is 4.74 Å². The lowest BCUT2D eigenvalue weighted by Gasteiger charge is -2.20. The zero-order valence-corrected chi connectivity index (χ0v) is 16.1. The van der Waals surface area contributed by atoms with Crippen LogP contribution in [0.4, 0.5) is 0 Å². The molecular weight excluding hydrogens is 363 g/mol. The molecule has 146 valence electrons. The molecule has 0 aromatic carbocycles. The highest BCUT2D eigenvalue weighted by Crippen LogP contribution is 2.50. The van der Waals surface area contributed by atoms with E-state index in [-0.39, 0.29) is 19.8 Å². The van der Waals surface area contributed by atoms with Crippen LogP contribution in [0.25, 0.3) is 0 Å². The van der Waals surface area contributed by atoms with Crippen LogP contribution in [0.5, 0.6) is 0 Å². The van der Waals surface area contributed by atoms with Gasteiger partial charge in [-0.2, -0.15) is 0 Å². The molecule has 0 bridgehead atoms. The van der Waals surface area contributed by atoms with Crippen LogP contribution in [-0.4, -0.2) is 35.5 Å². The number of aromatic amines is 1. The average molecular weight is 388 g/mol. The SMILES string of the molecule is CCCOP(=O)(OCCC)OC[C@@H]1C=C[C@H](n2cc(C)c(=O)[nH]c2=O)O1. The molecule has 0 spiro atoms. The van der Waals surface area contributed by atoms with Gasteiger partial charge in [0.25, 0.3) is 5.56 Å². The standard InChI is InChI=1S/C16H25N2O7P/c1-4-8-22-26(21,23-9-5-2)24-11-13-6-7-14(25-13)18-10-12(3)15(19)17-16(18)20/h6-7,10,13-14H,4-5,8-9,11H2,1-3H3,(H,17,19,20)/t13-,14+/m0/s1. The molecule has 0 radical (unpaired) electrons. The first-order valence-corrected chi connectivity index (χ1v) is 10.0. The summed E-state index contributed by atoms with van der Waals surface area (Å²) in [6.07, 6.45) is 4.94. The van der Waals surface area contributed by atoms with Gasteiger partial charge in [0, 0.05) is 11.8 Å². The van der Waals surface area contributed by atoms with Gasteiger partial charge in [0.1, 0.15) is 6.10 Å². The Labute approximate surface area is 151 Å². The normalized spacial score (nSPS) is 20.0. The molecule has 2 rings (SSSR count). The Bertz CT molecular complexity index is 774. The highest BCUT2D eigenvalue weighted by Gasteiger charge is 2.30. The molecule has 2 heterocycles. The lowest BCUT2D eigenvalue weighted by Crippen LogP contribution is -2.33. The van der Waals surface area contributed by atoms with Gasteiger partial charge in [-0.15, -0.1) is 0 Å². The van der Waals surface area contributed by atoms with Gasteiger partial charge in [-0.3, -0.25) is 27.9 Å². The molecule has 1 aliphatic rings. The average Bonchev–Trinajstić information content (AvgIpc) is 3.08. The van der Waals surface area contributed by atoms with E-state index in [0.29, 0.717) is 18.4 Å². The van der Waals surface area contributed by atoms with Crippen LogP contribution in [-0.2, 0) is 22.9 Å². The minimum atomic E-state index is -3.65. The summed E-state index contributed by atoms with van der Waals surface area (Å²) in [5.74, 6) is 0. The number of hydrogen-bond donors (Lipinski definition) is 1. The summed E-state index contributed by atoms with van der Waals surface area (Å²) in [4.78, 5) is 25.6. The van der Waals surface area contributed by atoms with Crippen molar-refractivity contribution >= 4 is 7.82 Å². The number of hydrogen-bond acceptors (Lipinski definition) is 7. The molecule has 0 fully saturated rings. The Kier molecular flexibility index (Phi) is 7.55. The maximum Gasteiger partial charge on any atom is 0.474 e. The van der Waals surface area contributed by atoms with E-state index in [2.05, 4.69) is 4.98 Å². The minimum Gasteiger partial charge on any atom is -0.344 e. The Morgan fingerprint density at radius 2 is 1.81 bits per heavy atom. The number of nitrogens with one attached hydrogen (secondary N) is 1. The molecule has 26 heavy (non-hydrogen) atoms. The van der Waals surface area contributed by atoms with Crippen molar-refractivity contribution in [1.29, 1.82) is 0 Å². The van der Waals surface area contributed by atoms with Crippen LogP contribution in [0.3, 0.4) is 0 Å². The van der Waals surface area contributed by atoms with Gasteiger partial charge >= 0.3 is 13.5 Å². The highest BCUT2D eigenvalue weighted by atomic mass is 31.2. The van der Waals surface area contributed by atoms with Crippen molar-refractivity contribution in [3.05, 3.63) is 44.8 Å². The molecule has 2 atom stereocenters. The lowest BCUT2D eigenvalue weighted by molar-refractivity contribution is -0.0149. The van der Waals surface area contributed by atoms with Crippen LogP contribution in [0.2, 0.25) is 0 Å². The van der Waals surface area contributed by atoms with Crippen LogP contribution in [0.15, 0.2) is 27.9 Å². The largest absolute Gasteiger partial charge is 0.474 e. The number of phosphoric ester groups is 1. The summed E-state index contributed by atoms with van der Waals surface area (Å²) in [5, 5.41) is 0. The number of nitrogens with zero attached hydrogens (tertiary/aromatic N) is 1. The van der Waals surface area contributed by atoms with Gasteiger partial charge in [-0.25, -0.2) is 9.36 Å². The Morgan fingerprint density at radius 1 is 1.15 bits per heavy atom. The van der Waals surface area contributed by atoms with Crippen LogP contribution < -0.4 is 11.2 Å². The molecular formula is C16H25N2O7P. The van der Waals surface area contributed by atoms with E-state index in [1.807, 2.05) is 13.8 Å². The molecule has 0 amide bonds. The van der Waals surface area contributed by atoms with Gasteiger partial charge in [-0.05, 0) is 25.8 Å². The van der Waals surface area contributed by atoms with Crippen molar-refractivity contribution in [2.75, 3.05) is 19.8 Å². The maximum absolute atomic E-state index is 12.5. The summed E-state index contributed by atoms with van der Waals surface area (Å²) in [6, 6.07) is 0. The van der Waals surface area contributed by atoms with Gasteiger partial charge in [-0.1, -0.05) is 19.9 Å². The smallest absolute Gasteiger partial charge is 0.344 e. The van der Waals surface area contributed by atoms with E-state index in [4.69, 9.17) is 18.3 Å². The van der Waals surface area contributed by atoms with Gasteiger partial charge in [0.05, 0.1) is 19.8 Å². The minimum absolute atomic E-state index is 0.0468. The summed E-state index contributed by atoms with van der Waals surface area (Å²) < 4.78 is 35.3. The topological polar surface area (TPSA) is 109 Å². The predicted molar refractivity (Wildman–Crippen MR) is 95.2 cm³/mol. The lowest BCUT2D eigenvalue weighted by atomic mass is 10.3. The monoisotopic (exact) mass is 388 g/mol. The first-order chi connectivity index (χ1) is 12.4. The first kappa shape index (κ1) is 20.8. The van der Waals surface area contributed by atoms with E-state index < -0.39 is 31.4 Å². The first-order valence-electron chi connectivity index (χ1n) is 8.58. The fourth-order valence-electron chi connectivity index (χ4n) is 2.20. The van der Waals surface area contributed by atoms with Crippen molar-refractivity contribution in [1.82, 2.24) is 9.55 Å². The van der Waals surface area contributed by atoms with E-state index in [1.165, 1.54) is 10.8 Å². The van der Waals surface area contributed by atoms with Crippen molar-refractivity contribution in [3.8, 4) is 0 Å². The third-order valence-electron chi connectivity index (χ3n) is 3.53. The van der Waals surface area contributed by atoms with E-state index >= 15 is 0 Å². The summed E-state index contributed by atoms with van der Waals surface area (Å²) in [6.45, 7) is 5.85. The zero-order valence-electron chi connectivity index (χ0n) is 15.2. The quantitative estimate of drug-likeness (QED) is 0.484. The number of H-pyrrole nitrogens is 1. The predicted octanol–water partition coefficient (Wildman–Crippen LogP) is 2.28. The molecule has 0 saturated heterocycles. The Balaban J connectivity index is 1.97. The highest BCUT2D eigenvalue weighted by molar-refractivity contribution is 7.48. The van der Waals surface area contributed by atoms with Crippen LogP contribution >= 0.6 is 7.82 Å². The second-order valence-electron chi connectivity index (χ2n) is 5.84. The van der Waals surface area contributed by atoms with Gasteiger partial charge in [0.2, 0.25) is 0 Å². The summed E-state index contributed by atoms with van der Waals surface area (Å²) in [5.41, 5.74) is -0.609. The maximum atomic E-state index is 12.5. The fraction of sp³-hybridized carbons (Fsp3) is 0.625. The molecule has 10 heteroatoms. The summed E-state index contributed by atoms with van der Waals surface area (Å²) in [7, 11) is -3.65. The molecule has 1 aromatic heterocycles. The Morgan fingerprint density at radius 3 is 2.42 bits per heavy atom. The molecule has 1 aromatic rings. The molecule has 1 N–H and O–H groups in total. The third-order valence-corrected chi connectivity index (χ3v) is 4.99. The fourth-order valence-corrected chi connectivity index (χ4v) is 3.57. The molecule has 9 nitrogen and oxygen atoms in total. The van der Waals surface area contributed by atoms with Crippen LogP contribution in [0, 0.1) is 6.92 Å². The number of rotatable bonds is 10. The number of aromatic nitrogens is 2. The van der Waals surface area contributed by atoms with Gasteiger partial charge in [0.15, 0.2) is 6.23 Å². The Hall–Kier alpha value is -1.51. The second kappa shape index (κ2) is 9.43. The zero-order chi connectivity index (χ0) is 19.2. The van der Waals surface area contributed by atoms with Crippen molar-refractivity contribution in [2.24, 2.45) is 0 Å². The van der Waals surface area contributed by atoms with Crippen molar-refractivity contribution in [2.45, 2.75) is 45.9 Å². The third kappa shape index (κ3) is 5.49. The molecule has 1 aliphatic heterocycles. The van der Waals surface area contributed by atoms with Crippen molar-refractivity contribution < 1.29 is 22.9 Å². The molecule has 0 saturated carbocycles. The second-order valence-corrected chi connectivity index (χ2v) is 7.51. The number of aryl methyl sites for hydroxylation is 1. The number of ether oxygens (including phenoxy) is 1. The van der Waals surface area contributed by atoms with Crippen molar-refractivity contribution in [3.63, 3.8) is 0 Å². The van der Waals surface area contributed by atoms with Crippen LogP contribution in [0.1, 0.15) is 38.5 Å². The molecule has 0 unspecified atom stereocenters. The van der Waals surface area contributed by atoms with E-state index in [1.54, 1.807) is 19.1 Å². The van der Waals surface area contributed by atoms with E-state index in [0.717, 1.165) is 0 Å². The number of phosphoric acid groups is 1.